The zero-order valence-corrected chi connectivity index (χ0v) is 16.9. The van der Waals surface area contributed by atoms with E-state index in [1.54, 1.807) is 9.80 Å². The minimum absolute atomic E-state index is 0.0535. The minimum Gasteiger partial charge on any atom is -0.379 e. The number of nitrogens with one attached hydrogen (secondary N) is 1. The molecule has 2 fully saturated rings. The van der Waals surface area contributed by atoms with Crippen LogP contribution in [0.15, 0.2) is 24.3 Å². The monoisotopic (exact) mass is 396 g/mol. The van der Waals surface area contributed by atoms with Crippen molar-refractivity contribution in [2.75, 3.05) is 45.9 Å². The number of fused-ring (bicyclic) bond motifs is 4. The van der Waals surface area contributed by atoms with E-state index < -0.39 is 0 Å². The van der Waals surface area contributed by atoms with Gasteiger partial charge in [-0.15, -0.1) is 0 Å². The van der Waals surface area contributed by atoms with E-state index in [4.69, 9.17) is 4.74 Å². The Kier molecular flexibility index (Phi) is 4.80. The largest absolute Gasteiger partial charge is 0.379 e. The summed E-state index contributed by atoms with van der Waals surface area (Å²) in [6.45, 7) is 7.26. The van der Waals surface area contributed by atoms with E-state index in [2.05, 4.69) is 22.0 Å². The molecule has 0 bridgehead atoms. The predicted molar refractivity (Wildman–Crippen MR) is 110 cm³/mol. The van der Waals surface area contributed by atoms with Crippen LogP contribution < -0.4 is 0 Å². The lowest BCUT2D eigenvalue weighted by molar-refractivity contribution is -0.159. The molecule has 2 aromatic rings. The van der Waals surface area contributed by atoms with Crippen molar-refractivity contribution in [2.45, 2.75) is 31.8 Å². The summed E-state index contributed by atoms with van der Waals surface area (Å²) in [7, 11) is 0. The number of aromatic nitrogens is 1. The molecule has 0 spiro atoms. The molecule has 154 valence electrons. The molecule has 4 heterocycles. The van der Waals surface area contributed by atoms with E-state index in [1.165, 1.54) is 10.9 Å². The average molecular weight is 396 g/mol. The van der Waals surface area contributed by atoms with Crippen molar-refractivity contribution in [1.29, 1.82) is 0 Å². The summed E-state index contributed by atoms with van der Waals surface area (Å²) < 4.78 is 5.39. The van der Waals surface area contributed by atoms with Crippen LogP contribution in [0.5, 0.6) is 0 Å². The van der Waals surface area contributed by atoms with Crippen molar-refractivity contribution in [3.63, 3.8) is 0 Å². The van der Waals surface area contributed by atoms with Crippen molar-refractivity contribution in [3.05, 3.63) is 35.5 Å². The van der Waals surface area contributed by atoms with Gasteiger partial charge in [0.1, 0.15) is 6.04 Å². The van der Waals surface area contributed by atoms with Crippen LogP contribution in [-0.4, -0.2) is 83.5 Å². The highest BCUT2D eigenvalue weighted by atomic mass is 16.5. The van der Waals surface area contributed by atoms with Crippen LogP contribution in [0.4, 0.5) is 0 Å². The molecule has 0 aliphatic carbocycles. The standard InChI is InChI=1S/C22H28N4O3/c1-15-21-17(16-5-2-3-6-18(16)23-21)13-19-22(28)25(14-20(27)26(15)19)8-4-7-24-9-11-29-12-10-24/h2-3,5-6,15,19,23H,4,7-14H2,1H3/t15-,19-/m0/s1. The summed E-state index contributed by atoms with van der Waals surface area (Å²) in [5.41, 5.74) is 3.33. The van der Waals surface area contributed by atoms with Gasteiger partial charge in [-0.1, -0.05) is 18.2 Å². The van der Waals surface area contributed by atoms with Crippen molar-refractivity contribution >= 4 is 22.7 Å². The fourth-order valence-electron chi connectivity index (χ4n) is 5.13. The van der Waals surface area contributed by atoms with E-state index in [1.807, 2.05) is 19.1 Å². The number of amides is 2. The maximum absolute atomic E-state index is 13.3. The van der Waals surface area contributed by atoms with E-state index in [-0.39, 0.29) is 30.4 Å². The Balaban J connectivity index is 1.33. The highest BCUT2D eigenvalue weighted by Crippen LogP contribution is 2.38. The number of carbonyl (C=O) groups is 2. The number of H-pyrrole nitrogens is 1. The van der Waals surface area contributed by atoms with E-state index in [0.29, 0.717) is 13.0 Å². The van der Waals surface area contributed by atoms with E-state index in [0.717, 1.165) is 50.5 Å². The number of piperazine rings is 1. The van der Waals surface area contributed by atoms with Crippen molar-refractivity contribution < 1.29 is 14.3 Å². The van der Waals surface area contributed by atoms with Crippen LogP contribution in [-0.2, 0) is 20.7 Å². The summed E-state index contributed by atoms with van der Waals surface area (Å²) in [4.78, 5) is 35.7. The van der Waals surface area contributed by atoms with Gasteiger partial charge in [-0.3, -0.25) is 14.5 Å². The van der Waals surface area contributed by atoms with Crippen LogP contribution in [0.2, 0.25) is 0 Å². The van der Waals surface area contributed by atoms with Gasteiger partial charge in [-0.25, -0.2) is 0 Å². The molecule has 0 unspecified atom stereocenters. The van der Waals surface area contributed by atoms with Crippen molar-refractivity contribution in [1.82, 2.24) is 19.7 Å². The molecule has 0 radical (unpaired) electrons. The van der Waals surface area contributed by atoms with Crippen LogP contribution in [0.25, 0.3) is 10.9 Å². The third-order valence-electron chi connectivity index (χ3n) is 6.63. The van der Waals surface area contributed by atoms with Gasteiger partial charge in [0, 0.05) is 49.2 Å². The molecule has 1 aromatic carbocycles. The Labute approximate surface area is 170 Å². The predicted octanol–water partition coefficient (Wildman–Crippen LogP) is 1.55. The first-order valence-corrected chi connectivity index (χ1v) is 10.6. The van der Waals surface area contributed by atoms with Gasteiger partial charge in [-0.2, -0.15) is 0 Å². The molecule has 3 aliphatic rings. The first-order valence-electron chi connectivity index (χ1n) is 10.6. The van der Waals surface area contributed by atoms with Gasteiger partial charge in [0.25, 0.3) is 0 Å². The van der Waals surface area contributed by atoms with Gasteiger partial charge in [0.2, 0.25) is 11.8 Å². The Morgan fingerprint density at radius 3 is 2.76 bits per heavy atom. The second-order valence-electron chi connectivity index (χ2n) is 8.33. The van der Waals surface area contributed by atoms with Crippen LogP contribution in [0, 0.1) is 0 Å². The second-order valence-corrected chi connectivity index (χ2v) is 8.33. The summed E-state index contributed by atoms with van der Waals surface area (Å²) in [6, 6.07) is 7.70. The lowest BCUT2D eigenvalue weighted by Crippen LogP contribution is -2.62. The van der Waals surface area contributed by atoms with Gasteiger partial charge in [-0.05, 0) is 25.0 Å². The lowest BCUT2D eigenvalue weighted by atomic mass is 9.90. The molecule has 7 nitrogen and oxygen atoms in total. The normalized spacial score (nSPS) is 25.4. The second kappa shape index (κ2) is 7.46. The third-order valence-corrected chi connectivity index (χ3v) is 6.63. The van der Waals surface area contributed by atoms with E-state index >= 15 is 0 Å². The number of hydrogen-bond acceptors (Lipinski definition) is 4. The first-order chi connectivity index (χ1) is 14.1. The molecule has 1 N–H and O–H groups in total. The van der Waals surface area contributed by atoms with Crippen molar-refractivity contribution in [3.8, 4) is 0 Å². The highest BCUT2D eigenvalue weighted by molar-refractivity contribution is 5.97. The van der Waals surface area contributed by atoms with Crippen LogP contribution in [0.3, 0.4) is 0 Å². The topological polar surface area (TPSA) is 68.9 Å². The number of benzene rings is 1. The molecule has 3 aliphatic heterocycles. The SMILES string of the molecule is C[C@H]1c2[nH]c3ccccc3c2C[C@H]2C(=O)N(CCCN3CCOCC3)CC(=O)N21. The number of morpholine rings is 1. The highest BCUT2D eigenvalue weighted by Gasteiger charge is 2.46. The van der Waals surface area contributed by atoms with Gasteiger partial charge in [0.05, 0.1) is 25.8 Å². The van der Waals surface area contributed by atoms with Crippen LogP contribution in [0.1, 0.15) is 30.6 Å². The van der Waals surface area contributed by atoms with E-state index in [9.17, 15) is 9.59 Å². The number of hydrogen-bond donors (Lipinski definition) is 1. The Bertz CT molecular complexity index is 933. The maximum atomic E-state index is 13.3. The smallest absolute Gasteiger partial charge is 0.246 e. The summed E-state index contributed by atoms with van der Waals surface area (Å²) >= 11 is 0. The molecular weight excluding hydrogens is 368 g/mol. The van der Waals surface area contributed by atoms with Gasteiger partial charge >= 0.3 is 0 Å². The minimum atomic E-state index is -0.388. The Morgan fingerprint density at radius 1 is 1.14 bits per heavy atom. The fraction of sp³-hybridized carbons (Fsp3) is 0.545. The number of nitrogens with zero attached hydrogens (tertiary/aromatic N) is 3. The number of ether oxygens (including phenoxy) is 1. The molecule has 1 aromatic heterocycles. The maximum Gasteiger partial charge on any atom is 0.246 e. The molecule has 2 atom stereocenters. The Hall–Kier alpha value is -2.38. The average Bonchev–Trinajstić information content (AvgIpc) is 3.11. The van der Waals surface area contributed by atoms with Gasteiger partial charge < -0.3 is 19.5 Å². The zero-order valence-electron chi connectivity index (χ0n) is 16.9. The molecule has 5 rings (SSSR count). The molecule has 7 heteroatoms. The number of para-hydroxylation sites is 1. The summed E-state index contributed by atoms with van der Waals surface area (Å²) in [5, 5.41) is 1.17. The molecule has 2 amide bonds. The summed E-state index contributed by atoms with van der Waals surface area (Å²) in [5.74, 6) is 0.145. The molecule has 29 heavy (non-hydrogen) atoms. The lowest BCUT2D eigenvalue weighted by Gasteiger charge is -2.46. The third kappa shape index (κ3) is 3.22. The molecule has 0 saturated carbocycles. The quantitative estimate of drug-likeness (QED) is 0.851. The van der Waals surface area contributed by atoms with Crippen LogP contribution >= 0.6 is 0 Å². The number of aromatic amines is 1. The fourth-order valence-corrected chi connectivity index (χ4v) is 5.13. The summed E-state index contributed by atoms with van der Waals surface area (Å²) in [6.07, 6.45) is 1.48. The van der Waals surface area contributed by atoms with Gasteiger partial charge in [0.15, 0.2) is 0 Å². The van der Waals surface area contributed by atoms with Crippen molar-refractivity contribution in [2.24, 2.45) is 0 Å². The zero-order chi connectivity index (χ0) is 20.0. The first kappa shape index (κ1) is 18.6. The molecule has 2 saturated heterocycles. The number of carbonyl (C=O) groups excluding carboxylic acids is 2. The number of rotatable bonds is 4. The molecular formula is C22H28N4O3. The Morgan fingerprint density at radius 2 is 1.93 bits per heavy atom.